The van der Waals surface area contributed by atoms with Crippen LogP contribution in [-0.4, -0.2) is 41.5 Å². The first-order chi connectivity index (χ1) is 12.6. The van der Waals surface area contributed by atoms with Crippen LogP contribution >= 0.6 is 0 Å². The fourth-order valence-electron chi connectivity index (χ4n) is 3.30. The Morgan fingerprint density at radius 2 is 2.08 bits per heavy atom. The van der Waals surface area contributed by atoms with Gasteiger partial charge in [0, 0.05) is 37.5 Å². The Balaban J connectivity index is 1.78. The third kappa shape index (κ3) is 3.77. The van der Waals surface area contributed by atoms with E-state index in [2.05, 4.69) is 4.99 Å². The first-order valence-electron chi connectivity index (χ1n) is 9.01. The van der Waals surface area contributed by atoms with Crippen molar-refractivity contribution in [3.05, 3.63) is 71.3 Å². The number of amidine groups is 1. The molecule has 136 valence electrons. The zero-order valence-corrected chi connectivity index (χ0v) is 15.4. The first kappa shape index (κ1) is 18.1. The van der Waals surface area contributed by atoms with E-state index >= 15 is 0 Å². The lowest BCUT2D eigenvalue weighted by molar-refractivity contribution is 0.471. The minimum Gasteiger partial charge on any atom is -0.357 e. The molecule has 1 N–H and O–H groups in total. The molecule has 0 unspecified atom stereocenters. The lowest BCUT2D eigenvalue weighted by Crippen LogP contribution is -2.27. The normalized spacial score (nSPS) is 20.3. The van der Waals surface area contributed by atoms with Crippen molar-refractivity contribution >= 4 is 11.5 Å². The average molecular weight is 352 g/mol. The van der Waals surface area contributed by atoms with E-state index < -0.39 is 0 Å². The highest BCUT2D eigenvalue weighted by molar-refractivity contribution is 6.10. The van der Waals surface area contributed by atoms with Crippen LogP contribution in [0, 0.1) is 11.2 Å². The summed E-state index contributed by atoms with van der Waals surface area (Å²) in [5.74, 6) is 0.148. The van der Waals surface area contributed by atoms with E-state index in [0.29, 0.717) is 23.5 Å². The maximum atomic E-state index is 14.7. The van der Waals surface area contributed by atoms with Gasteiger partial charge in [0.2, 0.25) is 0 Å². The van der Waals surface area contributed by atoms with Crippen molar-refractivity contribution in [1.82, 2.24) is 9.80 Å². The molecule has 0 amide bonds. The zero-order chi connectivity index (χ0) is 18.5. The van der Waals surface area contributed by atoms with Gasteiger partial charge in [-0.3, -0.25) is 10.4 Å². The highest BCUT2D eigenvalue weighted by atomic mass is 19.1. The summed E-state index contributed by atoms with van der Waals surface area (Å²) in [5, 5.41) is 8.28. The summed E-state index contributed by atoms with van der Waals surface area (Å²) >= 11 is 0. The number of nitrogens with zero attached hydrogens (tertiary/aromatic N) is 3. The molecule has 0 bridgehead atoms. The van der Waals surface area contributed by atoms with Crippen molar-refractivity contribution in [2.75, 3.05) is 20.1 Å². The Morgan fingerprint density at radius 3 is 2.73 bits per heavy atom. The molecule has 1 aromatic rings. The quantitative estimate of drug-likeness (QED) is 0.655. The van der Waals surface area contributed by atoms with Crippen LogP contribution in [0.1, 0.15) is 30.9 Å². The van der Waals surface area contributed by atoms with Crippen LogP contribution in [0.3, 0.4) is 0 Å². The van der Waals surface area contributed by atoms with E-state index in [9.17, 15) is 4.39 Å². The van der Waals surface area contributed by atoms with Crippen LogP contribution < -0.4 is 0 Å². The molecule has 2 heterocycles. The number of hydrogen-bond donors (Lipinski definition) is 1. The van der Waals surface area contributed by atoms with Gasteiger partial charge in [-0.15, -0.1) is 0 Å². The predicted molar refractivity (Wildman–Crippen MR) is 105 cm³/mol. The molecular formula is C21H25FN4. The second kappa shape index (κ2) is 8.13. The summed E-state index contributed by atoms with van der Waals surface area (Å²) in [4.78, 5) is 8.28. The number of benzene rings is 1. The maximum Gasteiger partial charge on any atom is 0.128 e. The second-order valence-corrected chi connectivity index (χ2v) is 6.48. The van der Waals surface area contributed by atoms with E-state index in [4.69, 9.17) is 5.41 Å². The van der Waals surface area contributed by atoms with E-state index in [0.717, 1.165) is 37.3 Å². The summed E-state index contributed by atoms with van der Waals surface area (Å²) in [6.45, 7) is 4.17. The lowest BCUT2D eigenvalue weighted by atomic mass is 10.1. The van der Waals surface area contributed by atoms with Gasteiger partial charge in [-0.05, 0) is 38.0 Å². The van der Waals surface area contributed by atoms with Gasteiger partial charge in [0.1, 0.15) is 11.7 Å². The Morgan fingerprint density at radius 1 is 1.31 bits per heavy atom. The smallest absolute Gasteiger partial charge is 0.128 e. The summed E-state index contributed by atoms with van der Waals surface area (Å²) < 4.78 is 14.7. The maximum absolute atomic E-state index is 14.7. The van der Waals surface area contributed by atoms with Crippen molar-refractivity contribution in [1.29, 1.82) is 5.41 Å². The van der Waals surface area contributed by atoms with Crippen LogP contribution in [-0.2, 0) is 6.54 Å². The van der Waals surface area contributed by atoms with Crippen molar-refractivity contribution in [2.24, 2.45) is 4.99 Å². The summed E-state index contributed by atoms with van der Waals surface area (Å²) in [6.07, 6.45) is 12.0. The predicted octanol–water partition coefficient (Wildman–Crippen LogP) is 4.11. The molecule has 26 heavy (non-hydrogen) atoms. The number of rotatable bonds is 4. The molecule has 4 nitrogen and oxygen atoms in total. The number of likely N-dealkylation sites (tertiary alicyclic amines) is 1. The lowest BCUT2D eigenvalue weighted by Gasteiger charge is -2.21. The van der Waals surface area contributed by atoms with Gasteiger partial charge >= 0.3 is 0 Å². The van der Waals surface area contributed by atoms with Gasteiger partial charge in [-0.2, -0.15) is 0 Å². The Kier molecular flexibility index (Phi) is 5.66. The topological polar surface area (TPSA) is 42.7 Å². The molecular weight excluding hydrogens is 327 g/mol. The van der Waals surface area contributed by atoms with Crippen LogP contribution in [0.5, 0.6) is 0 Å². The number of allylic oxidation sites excluding steroid dienone is 4. The molecule has 2 aliphatic heterocycles. The van der Waals surface area contributed by atoms with Crippen molar-refractivity contribution < 1.29 is 4.39 Å². The Labute approximate surface area is 154 Å². The second-order valence-electron chi connectivity index (χ2n) is 6.48. The van der Waals surface area contributed by atoms with Gasteiger partial charge in [0.25, 0.3) is 0 Å². The molecule has 0 aromatic heterocycles. The van der Waals surface area contributed by atoms with Crippen molar-refractivity contribution in [3.8, 4) is 0 Å². The van der Waals surface area contributed by atoms with Crippen LogP contribution in [0.4, 0.5) is 4.39 Å². The molecule has 1 aromatic carbocycles. The average Bonchev–Trinajstić information content (AvgIpc) is 3.31. The third-order valence-electron chi connectivity index (χ3n) is 4.76. The largest absolute Gasteiger partial charge is 0.357 e. The number of halogens is 1. The molecule has 2 aliphatic rings. The fraction of sp³-hybridized carbons (Fsp3) is 0.333. The van der Waals surface area contributed by atoms with Gasteiger partial charge in [0.05, 0.1) is 18.0 Å². The summed E-state index contributed by atoms with van der Waals surface area (Å²) in [6, 6.07) is 5.13. The van der Waals surface area contributed by atoms with Gasteiger partial charge in [-0.25, -0.2) is 4.39 Å². The van der Waals surface area contributed by atoms with E-state index in [1.807, 2.05) is 53.3 Å². The zero-order valence-electron chi connectivity index (χ0n) is 15.4. The SMILES string of the molecule is C\C=C/C=C1\C(=N\C)C=CN1Cc1ccc(C(=N)N2CCCC2)cc1F. The molecule has 0 saturated carbocycles. The summed E-state index contributed by atoms with van der Waals surface area (Å²) in [5.41, 5.74) is 3.09. The van der Waals surface area contributed by atoms with Crippen LogP contribution in [0.25, 0.3) is 0 Å². The minimum absolute atomic E-state index is 0.271. The molecule has 1 saturated heterocycles. The van der Waals surface area contributed by atoms with Crippen LogP contribution in [0.2, 0.25) is 0 Å². The van der Waals surface area contributed by atoms with E-state index in [1.165, 1.54) is 6.07 Å². The molecule has 0 spiro atoms. The van der Waals surface area contributed by atoms with Gasteiger partial charge in [-0.1, -0.05) is 24.3 Å². The van der Waals surface area contributed by atoms with Gasteiger partial charge in [0.15, 0.2) is 0 Å². The highest BCUT2D eigenvalue weighted by Crippen LogP contribution is 2.23. The standard InChI is InChI=1S/C21H25FN4/c1-3-4-7-20-19(24-2)10-13-26(20)15-17-9-8-16(14-18(17)22)21(23)25-11-5-6-12-25/h3-4,7-10,13-14,23H,5-6,11-12,15H2,1-2H3/b4-3-,20-7+,23-21?,24-19+. The third-order valence-corrected chi connectivity index (χ3v) is 4.76. The minimum atomic E-state index is -0.271. The molecule has 5 heteroatoms. The number of aliphatic imine (C=N–C) groups is 1. The monoisotopic (exact) mass is 352 g/mol. The summed E-state index contributed by atoms with van der Waals surface area (Å²) in [7, 11) is 1.76. The molecule has 0 aliphatic carbocycles. The Hall–Kier alpha value is -2.69. The fourth-order valence-corrected chi connectivity index (χ4v) is 3.30. The highest BCUT2D eigenvalue weighted by Gasteiger charge is 2.20. The van der Waals surface area contributed by atoms with E-state index in [-0.39, 0.29) is 5.82 Å². The molecule has 0 atom stereocenters. The molecule has 0 radical (unpaired) electrons. The first-order valence-corrected chi connectivity index (χ1v) is 9.01. The molecule has 3 rings (SSSR count). The van der Waals surface area contributed by atoms with Crippen molar-refractivity contribution in [3.63, 3.8) is 0 Å². The van der Waals surface area contributed by atoms with Crippen LogP contribution in [0.15, 0.2) is 59.4 Å². The number of nitrogens with one attached hydrogen (secondary N) is 1. The molecule has 1 fully saturated rings. The Bertz CT molecular complexity index is 798. The van der Waals surface area contributed by atoms with Crippen molar-refractivity contribution in [2.45, 2.75) is 26.3 Å². The van der Waals surface area contributed by atoms with E-state index in [1.54, 1.807) is 13.1 Å². The van der Waals surface area contributed by atoms with Gasteiger partial charge < -0.3 is 9.80 Å². The number of hydrogen-bond acceptors (Lipinski definition) is 3.